The summed E-state index contributed by atoms with van der Waals surface area (Å²) >= 11 is 0. The highest BCUT2D eigenvalue weighted by Crippen LogP contribution is 2.26. The van der Waals surface area contributed by atoms with Gasteiger partial charge in [-0.2, -0.15) is 5.10 Å². The normalized spacial score (nSPS) is 17.3. The monoisotopic (exact) mass is 326 g/mol. The van der Waals surface area contributed by atoms with Gasteiger partial charge in [0.1, 0.15) is 5.82 Å². The predicted molar refractivity (Wildman–Crippen MR) is 92.3 cm³/mol. The summed E-state index contributed by atoms with van der Waals surface area (Å²) in [6.07, 6.45) is 6.23. The highest BCUT2D eigenvalue weighted by atomic mass is 16.1. The van der Waals surface area contributed by atoms with E-state index < -0.39 is 0 Å². The molecule has 126 valence electrons. The van der Waals surface area contributed by atoms with E-state index in [0.717, 1.165) is 38.3 Å². The minimum absolute atomic E-state index is 0.0490. The number of hydrogen-bond acceptors (Lipinski definition) is 6. The molecule has 0 unspecified atom stereocenters. The third-order valence-corrected chi connectivity index (χ3v) is 4.89. The number of aromatic nitrogens is 4. The number of nitrogens with one attached hydrogen (secondary N) is 1. The molecule has 1 aliphatic heterocycles. The number of anilines is 2. The van der Waals surface area contributed by atoms with Crippen LogP contribution in [0, 0.1) is 5.92 Å². The van der Waals surface area contributed by atoms with E-state index >= 15 is 0 Å². The predicted octanol–water partition coefficient (Wildman–Crippen LogP) is 0.997. The quantitative estimate of drug-likeness (QED) is 0.903. The van der Waals surface area contributed by atoms with Crippen molar-refractivity contribution in [1.82, 2.24) is 19.7 Å². The Kier molecular flexibility index (Phi) is 3.92. The molecule has 1 fully saturated rings. The molecule has 2 aliphatic rings. The Morgan fingerprint density at radius 3 is 2.88 bits per heavy atom. The Morgan fingerprint density at radius 1 is 1.21 bits per heavy atom. The van der Waals surface area contributed by atoms with E-state index in [1.54, 1.807) is 13.4 Å². The zero-order valence-corrected chi connectivity index (χ0v) is 13.9. The lowest BCUT2D eigenvalue weighted by Crippen LogP contribution is -2.50. The number of hydrogen-bond donors (Lipinski definition) is 1. The van der Waals surface area contributed by atoms with Gasteiger partial charge < -0.3 is 14.8 Å². The van der Waals surface area contributed by atoms with E-state index in [1.165, 1.54) is 34.7 Å². The van der Waals surface area contributed by atoms with Crippen molar-refractivity contribution in [2.45, 2.75) is 25.7 Å². The summed E-state index contributed by atoms with van der Waals surface area (Å²) in [5.74, 6) is 2.18. The second kappa shape index (κ2) is 6.22. The second-order valence-corrected chi connectivity index (χ2v) is 6.76. The van der Waals surface area contributed by atoms with Crippen molar-refractivity contribution in [2.24, 2.45) is 13.0 Å². The Bertz CT molecular complexity index is 796. The molecule has 7 nitrogen and oxygen atoms in total. The highest BCUT2D eigenvalue weighted by molar-refractivity contribution is 5.45. The first-order valence-corrected chi connectivity index (χ1v) is 8.56. The Morgan fingerprint density at radius 2 is 2.04 bits per heavy atom. The maximum absolute atomic E-state index is 11.6. The summed E-state index contributed by atoms with van der Waals surface area (Å²) in [5, 5.41) is 12.0. The van der Waals surface area contributed by atoms with Gasteiger partial charge >= 0.3 is 0 Å². The minimum atomic E-state index is -0.0490. The molecule has 0 saturated carbocycles. The van der Waals surface area contributed by atoms with Crippen LogP contribution in [0.1, 0.15) is 24.1 Å². The summed E-state index contributed by atoms with van der Waals surface area (Å²) in [6.45, 7) is 2.74. The van der Waals surface area contributed by atoms with Crippen LogP contribution >= 0.6 is 0 Å². The topological polar surface area (TPSA) is 75.9 Å². The number of nitrogens with zero attached hydrogens (tertiary/aromatic N) is 5. The summed E-state index contributed by atoms with van der Waals surface area (Å²) in [4.78, 5) is 18.1. The summed E-state index contributed by atoms with van der Waals surface area (Å²) in [5.41, 5.74) is 2.50. The third kappa shape index (κ3) is 2.98. The second-order valence-electron chi connectivity index (χ2n) is 6.76. The molecule has 0 bridgehead atoms. The third-order valence-electron chi connectivity index (χ3n) is 4.89. The SMILES string of the molecule is Cn1cnc(NCC2CN(c3cc4c(nn3)CCCC4)C2)cc1=O. The van der Waals surface area contributed by atoms with Gasteiger partial charge in [0.05, 0.1) is 12.0 Å². The summed E-state index contributed by atoms with van der Waals surface area (Å²) < 4.78 is 1.46. The van der Waals surface area contributed by atoms with Crippen LogP contribution in [0.15, 0.2) is 23.3 Å². The molecule has 24 heavy (non-hydrogen) atoms. The van der Waals surface area contributed by atoms with E-state index in [0.29, 0.717) is 11.7 Å². The van der Waals surface area contributed by atoms with Crippen molar-refractivity contribution in [1.29, 1.82) is 0 Å². The first kappa shape index (κ1) is 15.1. The van der Waals surface area contributed by atoms with Crippen molar-refractivity contribution in [3.8, 4) is 0 Å². The maximum atomic E-state index is 11.6. The molecule has 2 aromatic rings. The lowest BCUT2D eigenvalue weighted by molar-refractivity contribution is 0.424. The molecular weight excluding hydrogens is 304 g/mol. The van der Waals surface area contributed by atoms with Crippen LogP contribution in [0.2, 0.25) is 0 Å². The smallest absolute Gasteiger partial charge is 0.255 e. The number of aryl methyl sites for hydroxylation is 3. The highest BCUT2D eigenvalue weighted by Gasteiger charge is 2.28. The van der Waals surface area contributed by atoms with Crippen LogP contribution in [-0.4, -0.2) is 39.4 Å². The first-order valence-electron chi connectivity index (χ1n) is 8.56. The van der Waals surface area contributed by atoms with Gasteiger partial charge in [0, 0.05) is 38.7 Å². The summed E-state index contributed by atoms with van der Waals surface area (Å²) in [7, 11) is 1.70. The Labute approximate surface area is 140 Å². The molecule has 0 aromatic carbocycles. The van der Waals surface area contributed by atoms with Crippen molar-refractivity contribution in [3.05, 3.63) is 40.1 Å². The molecule has 2 aromatic heterocycles. The van der Waals surface area contributed by atoms with Gasteiger partial charge in [-0.3, -0.25) is 4.79 Å². The molecule has 4 rings (SSSR count). The van der Waals surface area contributed by atoms with Gasteiger partial charge in [-0.1, -0.05) is 0 Å². The van der Waals surface area contributed by atoms with E-state index in [9.17, 15) is 4.79 Å². The zero-order chi connectivity index (χ0) is 16.5. The molecule has 0 radical (unpaired) electrons. The molecule has 7 heteroatoms. The van der Waals surface area contributed by atoms with E-state index in [4.69, 9.17) is 0 Å². The van der Waals surface area contributed by atoms with Crippen LogP contribution in [0.4, 0.5) is 11.6 Å². The number of fused-ring (bicyclic) bond motifs is 1. The van der Waals surface area contributed by atoms with Crippen molar-refractivity contribution < 1.29 is 0 Å². The van der Waals surface area contributed by atoms with Crippen LogP contribution in [-0.2, 0) is 19.9 Å². The molecule has 0 atom stereocenters. The standard InChI is InChI=1S/C17H22N6O/c1-22-11-19-15(7-17(22)24)18-8-12-9-23(10-12)16-6-13-4-2-3-5-14(13)20-21-16/h6-7,11-12,18H,2-5,8-10H2,1H3. The summed E-state index contributed by atoms with van der Waals surface area (Å²) in [6, 6.07) is 3.75. The van der Waals surface area contributed by atoms with E-state index in [1.807, 2.05) is 0 Å². The largest absolute Gasteiger partial charge is 0.369 e. The molecule has 1 N–H and O–H groups in total. The lowest BCUT2D eigenvalue weighted by atomic mass is 9.95. The van der Waals surface area contributed by atoms with E-state index in [2.05, 4.69) is 31.5 Å². The average molecular weight is 326 g/mol. The Balaban J connectivity index is 1.31. The first-order chi connectivity index (χ1) is 11.7. The average Bonchev–Trinajstić information content (AvgIpc) is 2.56. The zero-order valence-electron chi connectivity index (χ0n) is 13.9. The molecule has 1 aliphatic carbocycles. The molecule has 0 spiro atoms. The molecule has 3 heterocycles. The minimum Gasteiger partial charge on any atom is -0.369 e. The van der Waals surface area contributed by atoms with Crippen molar-refractivity contribution in [2.75, 3.05) is 29.9 Å². The number of rotatable bonds is 4. The molecule has 1 saturated heterocycles. The van der Waals surface area contributed by atoms with Crippen molar-refractivity contribution in [3.63, 3.8) is 0 Å². The van der Waals surface area contributed by atoms with Gasteiger partial charge in [0.25, 0.3) is 5.56 Å². The van der Waals surface area contributed by atoms with Gasteiger partial charge in [0.15, 0.2) is 5.82 Å². The fourth-order valence-electron chi connectivity index (χ4n) is 3.33. The van der Waals surface area contributed by atoms with Crippen LogP contribution in [0.25, 0.3) is 0 Å². The Hall–Kier alpha value is -2.44. The van der Waals surface area contributed by atoms with Crippen LogP contribution < -0.4 is 15.8 Å². The van der Waals surface area contributed by atoms with Gasteiger partial charge in [-0.15, -0.1) is 5.10 Å². The van der Waals surface area contributed by atoms with Crippen molar-refractivity contribution >= 4 is 11.6 Å². The molecule has 0 amide bonds. The van der Waals surface area contributed by atoms with Crippen LogP contribution in [0.5, 0.6) is 0 Å². The fourth-order valence-corrected chi connectivity index (χ4v) is 3.33. The lowest BCUT2D eigenvalue weighted by Gasteiger charge is -2.40. The van der Waals surface area contributed by atoms with Gasteiger partial charge in [-0.25, -0.2) is 4.98 Å². The fraction of sp³-hybridized carbons (Fsp3) is 0.529. The molecular formula is C17H22N6O. The van der Waals surface area contributed by atoms with Crippen LogP contribution in [0.3, 0.4) is 0 Å². The van der Waals surface area contributed by atoms with Gasteiger partial charge in [-0.05, 0) is 37.3 Å². The van der Waals surface area contributed by atoms with Gasteiger partial charge in [0.2, 0.25) is 0 Å². The maximum Gasteiger partial charge on any atom is 0.255 e. The van der Waals surface area contributed by atoms with E-state index in [-0.39, 0.29) is 5.56 Å².